The summed E-state index contributed by atoms with van der Waals surface area (Å²) in [6.07, 6.45) is 1.21. The summed E-state index contributed by atoms with van der Waals surface area (Å²) in [6, 6.07) is 6.77. The van der Waals surface area contributed by atoms with Gasteiger partial charge in [-0.1, -0.05) is 45.0 Å². The number of likely N-dealkylation sites (tertiary alicyclic amines) is 1. The SMILES string of the molecule is CN[C@H](C(=O)N1C[C@H](O)C[C@H]1C(=O)NCc1ccc(-c2[nH]cnc2C)cc1)C(C)(C)C. The molecule has 0 aliphatic carbocycles. The molecular formula is C23H33N5O3. The number of carbonyl (C=O) groups excluding carboxylic acids is 2. The summed E-state index contributed by atoms with van der Waals surface area (Å²) in [7, 11) is 1.74. The van der Waals surface area contributed by atoms with E-state index >= 15 is 0 Å². The van der Waals surface area contributed by atoms with Crippen LogP contribution in [0.25, 0.3) is 11.3 Å². The smallest absolute Gasteiger partial charge is 0.243 e. The van der Waals surface area contributed by atoms with Gasteiger partial charge in [-0.3, -0.25) is 9.59 Å². The number of nitrogens with one attached hydrogen (secondary N) is 3. The lowest BCUT2D eigenvalue weighted by Gasteiger charge is -2.34. The highest BCUT2D eigenvalue weighted by Crippen LogP contribution is 2.26. The number of nitrogens with zero attached hydrogens (tertiary/aromatic N) is 2. The Labute approximate surface area is 183 Å². The molecule has 8 heteroatoms. The molecule has 168 valence electrons. The van der Waals surface area contributed by atoms with Crippen LogP contribution < -0.4 is 10.6 Å². The van der Waals surface area contributed by atoms with Gasteiger partial charge in [-0.15, -0.1) is 0 Å². The topological polar surface area (TPSA) is 110 Å². The summed E-state index contributed by atoms with van der Waals surface area (Å²) in [5, 5.41) is 16.1. The predicted molar refractivity (Wildman–Crippen MR) is 119 cm³/mol. The zero-order valence-electron chi connectivity index (χ0n) is 18.9. The van der Waals surface area contributed by atoms with Gasteiger partial charge in [-0.2, -0.15) is 0 Å². The van der Waals surface area contributed by atoms with Crippen molar-refractivity contribution in [3.8, 4) is 11.3 Å². The molecule has 3 atom stereocenters. The van der Waals surface area contributed by atoms with Crippen LogP contribution >= 0.6 is 0 Å². The van der Waals surface area contributed by atoms with E-state index in [1.54, 1.807) is 13.4 Å². The fraction of sp³-hybridized carbons (Fsp3) is 0.522. The van der Waals surface area contributed by atoms with E-state index in [0.717, 1.165) is 22.5 Å². The summed E-state index contributed by atoms with van der Waals surface area (Å²) in [5.41, 5.74) is 3.58. The zero-order valence-corrected chi connectivity index (χ0v) is 18.9. The molecule has 0 spiro atoms. The molecule has 0 bridgehead atoms. The summed E-state index contributed by atoms with van der Waals surface area (Å²) < 4.78 is 0. The first-order valence-corrected chi connectivity index (χ1v) is 10.6. The van der Waals surface area contributed by atoms with Crippen molar-refractivity contribution in [1.29, 1.82) is 0 Å². The van der Waals surface area contributed by atoms with Gasteiger partial charge in [-0.25, -0.2) is 4.98 Å². The van der Waals surface area contributed by atoms with Crippen LogP contribution in [-0.4, -0.2) is 63.6 Å². The Morgan fingerprint density at radius 3 is 2.52 bits per heavy atom. The molecule has 0 unspecified atom stereocenters. The van der Waals surface area contributed by atoms with Crippen LogP contribution in [0.2, 0.25) is 0 Å². The van der Waals surface area contributed by atoms with Gasteiger partial charge < -0.3 is 25.6 Å². The number of aliphatic hydroxyl groups is 1. The van der Waals surface area contributed by atoms with Gasteiger partial charge in [0, 0.05) is 19.5 Å². The number of benzene rings is 1. The van der Waals surface area contributed by atoms with Crippen LogP contribution in [-0.2, 0) is 16.1 Å². The van der Waals surface area contributed by atoms with E-state index in [0.29, 0.717) is 6.54 Å². The fourth-order valence-corrected chi connectivity index (χ4v) is 4.15. The Balaban J connectivity index is 1.65. The van der Waals surface area contributed by atoms with Crippen LogP contribution in [0.3, 0.4) is 0 Å². The van der Waals surface area contributed by atoms with Crippen molar-refractivity contribution < 1.29 is 14.7 Å². The Morgan fingerprint density at radius 2 is 1.97 bits per heavy atom. The lowest BCUT2D eigenvalue weighted by Crippen LogP contribution is -2.55. The number of hydrogen-bond donors (Lipinski definition) is 4. The molecule has 1 fully saturated rings. The van der Waals surface area contributed by atoms with Gasteiger partial charge >= 0.3 is 0 Å². The summed E-state index contributed by atoms with van der Waals surface area (Å²) in [6.45, 7) is 8.39. The molecule has 1 saturated heterocycles. The number of aromatic nitrogens is 2. The third-order valence-electron chi connectivity index (χ3n) is 5.80. The molecule has 3 rings (SSSR count). The number of hydrogen-bond acceptors (Lipinski definition) is 5. The second kappa shape index (κ2) is 9.20. The molecule has 4 N–H and O–H groups in total. The molecule has 0 radical (unpaired) electrons. The molecule has 31 heavy (non-hydrogen) atoms. The van der Waals surface area contributed by atoms with E-state index in [1.807, 2.05) is 52.0 Å². The number of β-amino-alcohol motifs (C(OH)–C–C–N with tert-alkyl or cyclic N) is 1. The first-order valence-electron chi connectivity index (χ1n) is 10.6. The van der Waals surface area contributed by atoms with E-state index in [-0.39, 0.29) is 30.2 Å². The Morgan fingerprint density at radius 1 is 1.29 bits per heavy atom. The van der Waals surface area contributed by atoms with Crippen LogP contribution in [0.4, 0.5) is 0 Å². The molecule has 1 aliphatic heterocycles. The predicted octanol–water partition coefficient (Wildman–Crippen LogP) is 1.60. The van der Waals surface area contributed by atoms with E-state index in [1.165, 1.54) is 4.90 Å². The molecule has 8 nitrogen and oxygen atoms in total. The first-order chi connectivity index (χ1) is 14.6. The summed E-state index contributed by atoms with van der Waals surface area (Å²) in [4.78, 5) is 34.8. The molecule has 2 aromatic rings. The standard InChI is InChI=1S/C23H33N5O3/c1-14-19(27-13-26-14)16-8-6-15(7-9-16)11-25-21(30)18-10-17(29)12-28(18)22(31)20(24-5)23(2,3)4/h6-9,13,17-18,20,24,29H,10-12H2,1-5H3,(H,25,30)(H,26,27)/t17-,18+,20-/m1/s1. The highest BCUT2D eigenvalue weighted by Gasteiger charge is 2.43. The fourth-order valence-electron chi connectivity index (χ4n) is 4.15. The monoisotopic (exact) mass is 427 g/mol. The average Bonchev–Trinajstić information content (AvgIpc) is 3.31. The largest absolute Gasteiger partial charge is 0.391 e. The minimum atomic E-state index is -0.700. The lowest BCUT2D eigenvalue weighted by atomic mass is 9.86. The highest BCUT2D eigenvalue weighted by molar-refractivity contribution is 5.91. The van der Waals surface area contributed by atoms with E-state index < -0.39 is 18.2 Å². The van der Waals surface area contributed by atoms with E-state index in [2.05, 4.69) is 20.6 Å². The van der Waals surface area contributed by atoms with Crippen molar-refractivity contribution in [2.75, 3.05) is 13.6 Å². The molecular weight excluding hydrogens is 394 g/mol. The van der Waals surface area contributed by atoms with Crippen molar-refractivity contribution in [2.24, 2.45) is 5.41 Å². The van der Waals surface area contributed by atoms with Gasteiger partial charge in [-0.05, 0) is 30.5 Å². The molecule has 1 aromatic carbocycles. The Hall–Kier alpha value is -2.71. The number of aromatic amines is 1. The summed E-state index contributed by atoms with van der Waals surface area (Å²) >= 11 is 0. The first kappa shape index (κ1) is 23.0. The normalized spacial score (nSPS) is 20.0. The van der Waals surface area contributed by atoms with Crippen molar-refractivity contribution >= 4 is 11.8 Å². The van der Waals surface area contributed by atoms with Crippen LogP contribution in [0.1, 0.15) is 38.4 Å². The van der Waals surface area contributed by atoms with Gasteiger partial charge in [0.25, 0.3) is 0 Å². The van der Waals surface area contributed by atoms with E-state index in [4.69, 9.17) is 0 Å². The highest BCUT2D eigenvalue weighted by atomic mass is 16.3. The maximum atomic E-state index is 13.1. The number of H-pyrrole nitrogens is 1. The number of aliphatic hydroxyl groups excluding tert-OH is 1. The van der Waals surface area contributed by atoms with Crippen molar-refractivity contribution in [1.82, 2.24) is 25.5 Å². The Kier molecular flexibility index (Phi) is 6.81. The third-order valence-corrected chi connectivity index (χ3v) is 5.80. The Bertz CT molecular complexity index is 916. The van der Waals surface area contributed by atoms with Crippen molar-refractivity contribution in [2.45, 2.75) is 58.8 Å². The molecule has 1 aliphatic rings. The number of amides is 2. The minimum Gasteiger partial charge on any atom is -0.391 e. The molecule has 2 heterocycles. The minimum absolute atomic E-state index is 0.161. The van der Waals surface area contributed by atoms with E-state index in [9.17, 15) is 14.7 Å². The van der Waals surface area contributed by atoms with Gasteiger partial charge in [0.05, 0.1) is 29.9 Å². The molecule has 2 amide bonds. The van der Waals surface area contributed by atoms with Crippen LogP contribution in [0.5, 0.6) is 0 Å². The van der Waals surface area contributed by atoms with Crippen molar-refractivity contribution in [3.63, 3.8) is 0 Å². The number of aryl methyl sites for hydroxylation is 1. The molecule has 1 aromatic heterocycles. The third kappa shape index (κ3) is 5.14. The van der Waals surface area contributed by atoms with Gasteiger partial charge in [0.2, 0.25) is 11.8 Å². The second-order valence-corrected chi connectivity index (χ2v) is 9.26. The zero-order chi connectivity index (χ0) is 22.8. The number of carbonyl (C=O) groups is 2. The van der Waals surface area contributed by atoms with Crippen molar-refractivity contribution in [3.05, 3.63) is 41.9 Å². The maximum absolute atomic E-state index is 13.1. The maximum Gasteiger partial charge on any atom is 0.243 e. The second-order valence-electron chi connectivity index (χ2n) is 9.26. The average molecular weight is 428 g/mol. The number of rotatable bonds is 6. The number of likely N-dealkylation sites (N-methyl/N-ethyl adjacent to an activating group) is 1. The van der Waals surface area contributed by atoms with Gasteiger partial charge in [0.1, 0.15) is 6.04 Å². The quantitative estimate of drug-likeness (QED) is 0.560. The van der Waals surface area contributed by atoms with Gasteiger partial charge in [0.15, 0.2) is 0 Å². The number of imidazole rings is 1. The lowest BCUT2D eigenvalue weighted by molar-refractivity contribution is -0.142. The molecule has 0 saturated carbocycles. The summed E-state index contributed by atoms with van der Waals surface area (Å²) in [5.74, 6) is -0.409. The van der Waals surface area contributed by atoms with Crippen LogP contribution in [0.15, 0.2) is 30.6 Å². The van der Waals surface area contributed by atoms with Crippen LogP contribution in [0, 0.1) is 12.3 Å².